The standard InChI is InChI=1S/C17H25NO3/c19-13-17(20)8-9-18(12-17)11-14-4-3-7-16(10-14)21-15-5-1-2-6-15/h3-4,7,10,15,19-20H,1-2,5-6,8-9,11-13H2/t17-/m0/s1. The average molecular weight is 291 g/mol. The minimum Gasteiger partial charge on any atom is -0.490 e. The molecule has 1 aromatic carbocycles. The lowest BCUT2D eigenvalue weighted by molar-refractivity contribution is -0.00580. The fourth-order valence-corrected chi connectivity index (χ4v) is 3.38. The van der Waals surface area contributed by atoms with Crippen LogP contribution in [0.2, 0.25) is 0 Å². The smallest absolute Gasteiger partial charge is 0.120 e. The molecule has 0 spiro atoms. The van der Waals surface area contributed by atoms with Crippen LogP contribution < -0.4 is 4.74 Å². The average Bonchev–Trinajstić information content (AvgIpc) is 3.10. The Morgan fingerprint density at radius 2 is 2.10 bits per heavy atom. The van der Waals surface area contributed by atoms with Crippen LogP contribution >= 0.6 is 0 Å². The van der Waals surface area contributed by atoms with E-state index < -0.39 is 5.60 Å². The topological polar surface area (TPSA) is 52.9 Å². The van der Waals surface area contributed by atoms with Crippen molar-refractivity contribution in [1.29, 1.82) is 0 Å². The third-order valence-corrected chi connectivity index (χ3v) is 4.62. The van der Waals surface area contributed by atoms with E-state index >= 15 is 0 Å². The third kappa shape index (κ3) is 3.76. The molecule has 4 nitrogen and oxygen atoms in total. The summed E-state index contributed by atoms with van der Waals surface area (Å²) >= 11 is 0. The minimum absolute atomic E-state index is 0.158. The molecule has 0 bridgehead atoms. The van der Waals surface area contributed by atoms with E-state index in [2.05, 4.69) is 17.0 Å². The van der Waals surface area contributed by atoms with Crippen LogP contribution in [0.1, 0.15) is 37.7 Å². The second-order valence-corrected chi connectivity index (χ2v) is 6.51. The summed E-state index contributed by atoms with van der Waals surface area (Å²) in [5, 5.41) is 19.3. The van der Waals surface area contributed by atoms with Gasteiger partial charge in [-0.05, 0) is 49.8 Å². The first kappa shape index (κ1) is 14.8. The molecule has 3 rings (SSSR count). The molecular weight excluding hydrogens is 266 g/mol. The van der Waals surface area contributed by atoms with Gasteiger partial charge in [0.1, 0.15) is 11.4 Å². The fourth-order valence-electron chi connectivity index (χ4n) is 3.38. The van der Waals surface area contributed by atoms with Crippen LogP contribution in [0.25, 0.3) is 0 Å². The van der Waals surface area contributed by atoms with Crippen molar-refractivity contribution < 1.29 is 14.9 Å². The summed E-state index contributed by atoms with van der Waals surface area (Å²) in [7, 11) is 0. The van der Waals surface area contributed by atoms with Crippen molar-refractivity contribution >= 4 is 0 Å². The van der Waals surface area contributed by atoms with Crippen molar-refractivity contribution in [2.24, 2.45) is 0 Å². The van der Waals surface area contributed by atoms with Gasteiger partial charge in [-0.3, -0.25) is 4.90 Å². The normalized spacial score (nSPS) is 27.3. The van der Waals surface area contributed by atoms with Gasteiger partial charge in [0.25, 0.3) is 0 Å². The lowest BCUT2D eigenvalue weighted by atomic mass is 10.1. The Morgan fingerprint density at radius 3 is 2.81 bits per heavy atom. The molecular formula is C17H25NO3. The number of nitrogens with zero attached hydrogens (tertiary/aromatic N) is 1. The highest BCUT2D eigenvalue weighted by Crippen LogP contribution is 2.26. The third-order valence-electron chi connectivity index (χ3n) is 4.62. The van der Waals surface area contributed by atoms with Gasteiger partial charge in [-0.15, -0.1) is 0 Å². The van der Waals surface area contributed by atoms with Crippen molar-refractivity contribution in [3.05, 3.63) is 29.8 Å². The largest absolute Gasteiger partial charge is 0.490 e. The Bertz CT molecular complexity index is 473. The Morgan fingerprint density at radius 1 is 1.29 bits per heavy atom. The number of likely N-dealkylation sites (tertiary alicyclic amines) is 1. The summed E-state index contributed by atoms with van der Waals surface area (Å²) < 4.78 is 6.03. The van der Waals surface area contributed by atoms with E-state index in [1.807, 2.05) is 12.1 Å². The second kappa shape index (κ2) is 6.34. The molecule has 1 saturated heterocycles. The molecule has 1 atom stereocenters. The summed E-state index contributed by atoms with van der Waals surface area (Å²) in [5.41, 5.74) is 0.283. The number of β-amino-alcohol motifs (C(OH)–C–C–N with tert-alkyl or cyclic N) is 1. The van der Waals surface area contributed by atoms with Gasteiger partial charge in [-0.25, -0.2) is 0 Å². The van der Waals surface area contributed by atoms with Crippen LogP contribution in [0.15, 0.2) is 24.3 Å². The van der Waals surface area contributed by atoms with Gasteiger partial charge in [0, 0.05) is 19.6 Å². The molecule has 0 aromatic heterocycles. The monoisotopic (exact) mass is 291 g/mol. The van der Waals surface area contributed by atoms with E-state index in [1.54, 1.807) is 0 Å². The fraction of sp³-hybridized carbons (Fsp3) is 0.647. The lowest BCUT2D eigenvalue weighted by Crippen LogP contribution is -2.36. The van der Waals surface area contributed by atoms with E-state index in [-0.39, 0.29) is 6.61 Å². The molecule has 21 heavy (non-hydrogen) atoms. The Hall–Kier alpha value is -1.10. The van der Waals surface area contributed by atoms with Crippen LogP contribution in [-0.4, -0.2) is 46.5 Å². The van der Waals surface area contributed by atoms with Gasteiger partial charge < -0.3 is 14.9 Å². The highest BCUT2D eigenvalue weighted by atomic mass is 16.5. The summed E-state index contributed by atoms with van der Waals surface area (Å²) in [6.07, 6.45) is 5.91. The molecule has 1 aliphatic heterocycles. The zero-order chi connectivity index (χ0) is 14.7. The van der Waals surface area contributed by atoms with Crippen molar-refractivity contribution in [2.75, 3.05) is 19.7 Å². The number of aliphatic hydroxyl groups excluding tert-OH is 1. The number of aliphatic hydroxyl groups is 2. The van der Waals surface area contributed by atoms with Crippen LogP contribution in [-0.2, 0) is 6.54 Å². The molecule has 4 heteroatoms. The predicted molar refractivity (Wildman–Crippen MR) is 81.3 cm³/mol. The van der Waals surface area contributed by atoms with Crippen molar-refractivity contribution in [1.82, 2.24) is 4.90 Å². The Balaban J connectivity index is 1.58. The minimum atomic E-state index is -0.919. The van der Waals surface area contributed by atoms with Crippen LogP contribution in [0.5, 0.6) is 5.75 Å². The summed E-state index contributed by atoms with van der Waals surface area (Å²) in [6, 6.07) is 8.26. The number of hydrogen-bond donors (Lipinski definition) is 2. The van der Waals surface area contributed by atoms with Gasteiger partial charge in [-0.1, -0.05) is 12.1 Å². The van der Waals surface area contributed by atoms with Crippen molar-refractivity contribution in [2.45, 2.75) is 50.4 Å². The molecule has 0 unspecified atom stereocenters. The van der Waals surface area contributed by atoms with E-state index in [4.69, 9.17) is 4.74 Å². The molecule has 1 aliphatic carbocycles. The van der Waals surface area contributed by atoms with Gasteiger partial charge in [0.2, 0.25) is 0 Å². The molecule has 0 amide bonds. The van der Waals surface area contributed by atoms with E-state index in [9.17, 15) is 10.2 Å². The molecule has 116 valence electrons. The van der Waals surface area contributed by atoms with Crippen LogP contribution in [0.4, 0.5) is 0 Å². The molecule has 1 aromatic rings. The second-order valence-electron chi connectivity index (χ2n) is 6.51. The molecule has 1 saturated carbocycles. The highest BCUT2D eigenvalue weighted by Gasteiger charge is 2.35. The van der Waals surface area contributed by atoms with Gasteiger partial charge in [-0.2, -0.15) is 0 Å². The number of benzene rings is 1. The highest BCUT2D eigenvalue weighted by molar-refractivity contribution is 5.29. The first-order valence-electron chi connectivity index (χ1n) is 7.98. The maximum Gasteiger partial charge on any atom is 0.120 e. The first-order chi connectivity index (χ1) is 10.2. The van der Waals surface area contributed by atoms with Crippen molar-refractivity contribution in [3.8, 4) is 5.75 Å². The zero-order valence-electron chi connectivity index (χ0n) is 12.5. The maximum absolute atomic E-state index is 10.1. The number of hydrogen-bond acceptors (Lipinski definition) is 4. The van der Waals surface area contributed by atoms with E-state index in [0.717, 1.165) is 18.8 Å². The van der Waals surface area contributed by atoms with Crippen molar-refractivity contribution in [3.63, 3.8) is 0 Å². The number of ether oxygens (including phenoxy) is 1. The molecule has 2 aliphatic rings. The summed E-state index contributed by atoms with van der Waals surface area (Å²) in [4.78, 5) is 2.19. The zero-order valence-corrected chi connectivity index (χ0v) is 12.5. The summed E-state index contributed by atoms with van der Waals surface area (Å²) in [6.45, 7) is 2.00. The first-order valence-corrected chi connectivity index (χ1v) is 7.98. The van der Waals surface area contributed by atoms with E-state index in [0.29, 0.717) is 19.1 Å². The summed E-state index contributed by atoms with van der Waals surface area (Å²) in [5.74, 6) is 0.955. The Kier molecular flexibility index (Phi) is 4.48. The molecule has 0 radical (unpaired) electrons. The molecule has 2 fully saturated rings. The number of rotatable bonds is 5. The van der Waals surface area contributed by atoms with Crippen LogP contribution in [0, 0.1) is 0 Å². The SMILES string of the molecule is OC[C@]1(O)CCN(Cc2cccc(OC3CCCC3)c2)C1. The maximum atomic E-state index is 10.1. The molecule has 1 heterocycles. The van der Waals surface area contributed by atoms with Gasteiger partial charge >= 0.3 is 0 Å². The molecule has 2 N–H and O–H groups in total. The Labute approximate surface area is 126 Å². The lowest BCUT2D eigenvalue weighted by Gasteiger charge is -2.21. The van der Waals surface area contributed by atoms with Gasteiger partial charge in [0.05, 0.1) is 12.7 Å². The van der Waals surface area contributed by atoms with E-state index in [1.165, 1.54) is 31.2 Å². The van der Waals surface area contributed by atoms with Crippen LogP contribution in [0.3, 0.4) is 0 Å². The quantitative estimate of drug-likeness (QED) is 0.870. The predicted octanol–water partition coefficient (Wildman–Crippen LogP) is 1.94. The van der Waals surface area contributed by atoms with Gasteiger partial charge in [0.15, 0.2) is 0 Å².